The summed E-state index contributed by atoms with van der Waals surface area (Å²) in [4.78, 5) is 0. The van der Waals surface area contributed by atoms with E-state index in [1.807, 2.05) is 0 Å². The molecule has 1 aromatic rings. The summed E-state index contributed by atoms with van der Waals surface area (Å²) in [5, 5.41) is 9.58. The van der Waals surface area contributed by atoms with Crippen LogP contribution in [0.25, 0.3) is 0 Å². The van der Waals surface area contributed by atoms with Crippen LogP contribution in [0.15, 0.2) is 22.7 Å². The Morgan fingerprint density at radius 2 is 2.00 bits per heavy atom. The van der Waals surface area contributed by atoms with Gasteiger partial charge in [-0.1, -0.05) is 33.6 Å². The minimum Gasteiger partial charge on any atom is -0.392 e. The first-order valence-electron chi connectivity index (χ1n) is 4.46. The summed E-state index contributed by atoms with van der Waals surface area (Å²) in [6, 6.07) is 4.84. The Balaban J connectivity index is 2.66. The van der Waals surface area contributed by atoms with Crippen molar-refractivity contribution in [2.75, 3.05) is 0 Å². The van der Waals surface area contributed by atoms with Gasteiger partial charge in [-0.05, 0) is 17.7 Å². The molecule has 1 unspecified atom stereocenters. The molecular weight excluding hydrogens is 308 g/mol. The van der Waals surface area contributed by atoms with E-state index in [-0.39, 0.29) is 6.42 Å². The van der Waals surface area contributed by atoms with Gasteiger partial charge in [0.2, 0.25) is 0 Å². The molecule has 0 spiro atoms. The van der Waals surface area contributed by atoms with E-state index in [0.717, 1.165) is 4.47 Å². The van der Waals surface area contributed by atoms with E-state index in [9.17, 15) is 18.3 Å². The van der Waals surface area contributed by atoms with Gasteiger partial charge in [-0.3, -0.25) is 0 Å². The van der Waals surface area contributed by atoms with E-state index in [4.69, 9.17) is 11.6 Å². The number of aliphatic hydroxyl groups is 1. The number of rotatable bonds is 3. The van der Waals surface area contributed by atoms with Gasteiger partial charge in [-0.15, -0.1) is 0 Å². The average molecular weight is 318 g/mol. The van der Waals surface area contributed by atoms with Crippen molar-refractivity contribution in [2.24, 2.45) is 0 Å². The molecule has 0 fully saturated rings. The number of hydrogen-bond acceptors (Lipinski definition) is 1. The predicted octanol–water partition coefficient (Wildman–Crippen LogP) is 3.96. The van der Waals surface area contributed by atoms with Crippen LogP contribution in [0.2, 0.25) is 5.02 Å². The maximum absolute atomic E-state index is 12.0. The van der Waals surface area contributed by atoms with Crippen LogP contribution in [0, 0.1) is 0 Å². The molecule has 0 saturated carbocycles. The standard InChI is InChI=1S/C10H9BrClF3O/c11-7-2-1-6(9(12)4-7)3-8(16)5-10(13,14)15/h1-2,4,8,16H,3,5H2. The summed E-state index contributed by atoms with van der Waals surface area (Å²) in [5.74, 6) is 0. The van der Waals surface area contributed by atoms with Crippen LogP contribution in [-0.4, -0.2) is 17.4 Å². The number of alkyl halides is 3. The quantitative estimate of drug-likeness (QED) is 0.895. The molecule has 0 aliphatic carbocycles. The number of benzene rings is 1. The molecule has 1 aromatic carbocycles. The lowest BCUT2D eigenvalue weighted by Crippen LogP contribution is -2.21. The van der Waals surface area contributed by atoms with Gasteiger partial charge in [-0.25, -0.2) is 0 Å². The number of hydrogen-bond donors (Lipinski definition) is 1. The zero-order valence-electron chi connectivity index (χ0n) is 8.06. The van der Waals surface area contributed by atoms with Crippen molar-refractivity contribution >= 4 is 27.5 Å². The van der Waals surface area contributed by atoms with Crippen molar-refractivity contribution in [1.29, 1.82) is 0 Å². The van der Waals surface area contributed by atoms with Crippen LogP contribution < -0.4 is 0 Å². The molecule has 0 bridgehead atoms. The minimum absolute atomic E-state index is 0.106. The highest BCUT2D eigenvalue weighted by Crippen LogP contribution is 2.26. The van der Waals surface area contributed by atoms with E-state index in [0.29, 0.717) is 10.6 Å². The van der Waals surface area contributed by atoms with Crippen molar-refractivity contribution in [3.8, 4) is 0 Å². The molecule has 0 aromatic heterocycles. The fourth-order valence-corrected chi connectivity index (χ4v) is 2.03. The molecule has 1 rings (SSSR count). The maximum Gasteiger partial charge on any atom is 0.391 e. The third-order valence-corrected chi connectivity index (χ3v) is 2.78. The van der Waals surface area contributed by atoms with Crippen LogP contribution in [0.4, 0.5) is 13.2 Å². The summed E-state index contributed by atoms with van der Waals surface area (Å²) >= 11 is 9.01. The summed E-state index contributed by atoms with van der Waals surface area (Å²) in [6.07, 6.45) is -7.15. The van der Waals surface area contributed by atoms with Crippen LogP contribution in [-0.2, 0) is 6.42 Å². The van der Waals surface area contributed by atoms with E-state index < -0.39 is 18.7 Å². The molecule has 0 heterocycles. The largest absolute Gasteiger partial charge is 0.392 e. The Labute approximate surface area is 104 Å². The lowest BCUT2D eigenvalue weighted by molar-refractivity contribution is -0.153. The molecule has 1 nitrogen and oxygen atoms in total. The third kappa shape index (κ3) is 4.72. The molecule has 16 heavy (non-hydrogen) atoms. The van der Waals surface area contributed by atoms with Gasteiger partial charge < -0.3 is 5.11 Å². The number of halogens is 5. The van der Waals surface area contributed by atoms with E-state index in [2.05, 4.69) is 15.9 Å². The molecular formula is C10H9BrClF3O. The van der Waals surface area contributed by atoms with Crippen LogP contribution in [0.5, 0.6) is 0 Å². The van der Waals surface area contributed by atoms with Gasteiger partial charge in [0.05, 0.1) is 12.5 Å². The fraction of sp³-hybridized carbons (Fsp3) is 0.400. The van der Waals surface area contributed by atoms with Gasteiger partial charge in [0.1, 0.15) is 0 Å². The second-order valence-corrected chi connectivity index (χ2v) is 4.74. The topological polar surface area (TPSA) is 20.2 Å². The first-order chi connectivity index (χ1) is 7.28. The molecule has 0 aliphatic heterocycles. The predicted molar refractivity (Wildman–Crippen MR) is 59.5 cm³/mol. The first kappa shape index (κ1) is 13.8. The van der Waals surface area contributed by atoms with Gasteiger partial charge in [-0.2, -0.15) is 13.2 Å². The van der Waals surface area contributed by atoms with Crippen molar-refractivity contribution in [3.05, 3.63) is 33.3 Å². The Hall–Kier alpha value is -0.260. The molecule has 1 atom stereocenters. The normalized spacial score (nSPS) is 13.9. The van der Waals surface area contributed by atoms with Gasteiger partial charge in [0.25, 0.3) is 0 Å². The summed E-state index contributed by atoms with van der Waals surface area (Å²) < 4.78 is 36.7. The average Bonchev–Trinajstić information content (AvgIpc) is 2.06. The summed E-state index contributed by atoms with van der Waals surface area (Å²) in [7, 11) is 0. The van der Waals surface area contributed by atoms with E-state index in [1.54, 1.807) is 18.2 Å². The van der Waals surface area contributed by atoms with Crippen molar-refractivity contribution in [2.45, 2.75) is 25.1 Å². The highest BCUT2D eigenvalue weighted by Gasteiger charge is 2.31. The third-order valence-electron chi connectivity index (χ3n) is 1.94. The van der Waals surface area contributed by atoms with Crippen LogP contribution >= 0.6 is 27.5 Å². The lowest BCUT2D eigenvalue weighted by atomic mass is 10.1. The van der Waals surface area contributed by atoms with Crippen LogP contribution in [0.3, 0.4) is 0 Å². The summed E-state index contributed by atoms with van der Waals surface area (Å²) in [5.41, 5.74) is 0.501. The second-order valence-electron chi connectivity index (χ2n) is 3.41. The highest BCUT2D eigenvalue weighted by molar-refractivity contribution is 9.10. The monoisotopic (exact) mass is 316 g/mol. The van der Waals surface area contributed by atoms with E-state index in [1.165, 1.54) is 0 Å². The Morgan fingerprint density at radius 3 is 2.50 bits per heavy atom. The fourth-order valence-electron chi connectivity index (χ4n) is 1.28. The minimum atomic E-state index is -4.36. The Kier molecular flexibility index (Phi) is 4.64. The molecule has 90 valence electrons. The smallest absolute Gasteiger partial charge is 0.391 e. The van der Waals surface area contributed by atoms with Gasteiger partial charge >= 0.3 is 6.18 Å². The second kappa shape index (κ2) is 5.38. The first-order valence-corrected chi connectivity index (χ1v) is 5.64. The Morgan fingerprint density at radius 1 is 1.38 bits per heavy atom. The zero-order valence-corrected chi connectivity index (χ0v) is 10.4. The maximum atomic E-state index is 12.0. The van der Waals surface area contributed by atoms with Crippen molar-refractivity contribution < 1.29 is 18.3 Å². The van der Waals surface area contributed by atoms with Gasteiger partial charge in [0.15, 0.2) is 0 Å². The van der Waals surface area contributed by atoms with E-state index >= 15 is 0 Å². The zero-order chi connectivity index (χ0) is 12.3. The highest BCUT2D eigenvalue weighted by atomic mass is 79.9. The molecule has 6 heteroatoms. The Bertz CT molecular complexity index is 368. The number of aliphatic hydroxyl groups excluding tert-OH is 1. The van der Waals surface area contributed by atoms with Crippen molar-refractivity contribution in [3.63, 3.8) is 0 Å². The van der Waals surface area contributed by atoms with Crippen molar-refractivity contribution in [1.82, 2.24) is 0 Å². The SMILES string of the molecule is OC(Cc1ccc(Br)cc1Cl)CC(F)(F)F. The van der Waals surface area contributed by atoms with Crippen LogP contribution in [0.1, 0.15) is 12.0 Å². The molecule has 0 aliphatic rings. The molecule has 0 amide bonds. The molecule has 0 saturated heterocycles. The molecule has 1 N–H and O–H groups in total. The molecule has 0 radical (unpaired) electrons. The summed E-state index contributed by atoms with van der Waals surface area (Å²) in [6.45, 7) is 0. The lowest BCUT2D eigenvalue weighted by Gasteiger charge is -2.14. The van der Waals surface area contributed by atoms with Gasteiger partial charge in [0, 0.05) is 15.9 Å².